The van der Waals surface area contributed by atoms with Crippen molar-refractivity contribution in [2.24, 2.45) is 0 Å². The quantitative estimate of drug-likeness (QED) is 0.335. The Kier molecular flexibility index (Phi) is 7.12. The molecule has 0 fully saturated rings. The minimum absolute atomic E-state index is 0.0302. The first-order valence-electron chi connectivity index (χ1n) is 5.83. The predicted molar refractivity (Wildman–Crippen MR) is 78.6 cm³/mol. The van der Waals surface area contributed by atoms with E-state index in [1.807, 2.05) is 0 Å². The lowest BCUT2D eigenvalue weighted by Gasteiger charge is -2.07. The molecular weight excluding hydrogens is 318 g/mol. The van der Waals surface area contributed by atoms with Crippen LogP contribution in [0.4, 0.5) is 5.69 Å². The number of halogens is 1. The Labute approximate surface area is 120 Å². The Bertz CT molecular complexity index is 401. The zero-order valence-corrected chi connectivity index (χ0v) is 12.5. The van der Waals surface area contributed by atoms with Crippen LogP contribution >= 0.6 is 28.6 Å². The lowest BCUT2D eigenvalue weighted by Crippen LogP contribution is -1.99. The summed E-state index contributed by atoms with van der Waals surface area (Å²) in [4.78, 5) is 10.3. The van der Waals surface area contributed by atoms with E-state index in [0.29, 0.717) is 16.8 Å². The summed E-state index contributed by atoms with van der Waals surface area (Å²) >= 11 is 7.34. The number of rotatable bonds is 8. The minimum atomic E-state index is -0.427. The predicted octanol–water partition coefficient (Wildman–Crippen LogP) is 4.23. The fourth-order valence-corrected chi connectivity index (χ4v) is 2.25. The van der Waals surface area contributed by atoms with Crippen LogP contribution in [0.1, 0.15) is 25.7 Å². The summed E-state index contributed by atoms with van der Waals surface area (Å²) in [5.41, 5.74) is 0.0302. The monoisotopic (exact) mass is 333 g/mol. The van der Waals surface area contributed by atoms with Crippen molar-refractivity contribution in [3.63, 3.8) is 0 Å². The van der Waals surface area contributed by atoms with Gasteiger partial charge in [-0.1, -0.05) is 18.9 Å². The van der Waals surface area contributed by atoms with Gasteiger partial charge < -0.3 is 4.74 Å². The van der Waals surface area contributed by atoms with Gasteiger partial charge in [0.05, 0.1) is 11.5 Å². The molecular formula is C12H16BrNO3S. The third-order valence-corrected chi connectivity index (χ3v) is 3.56. The first-order valence-corrected chi connectivity index (χ1v) is 7.26. The van der Waals surface area contributed by atoms with E-state index < -0.39 is 4.92 Å². The number of unbranched alkanes of at least 4 members (excludes halogenated alkanes) is 3. The number of nitro groups is 1. The molecule has 0 aromatic heterocycles. The molecule has 0 bridgehead atoms. The molecule has 1 rings (SSSR count). The number of hydrogen-bond donors (Lipinski definition) is 1. The van der Waals surface area contributed by atoms with Crippen molar-refractivity contribution < 1.29 is 9.66 Å². The molecule has 0 aliphatic rings. The standard InChI is InChI=1S/C12H16BrNO3S/c13-12-10(14(15)16)6-5-7-11(12)17-8-3-1-2-4-9-18/h5-7,18H,1-4,8-9H2. The van der Waals surface area contributed by atoms with Crippen LogP contribution in [-0.2, 0) is 0 Å². The molecule has 0 spiro atoms. The van der Waals surface area contributed by atoms with E-state index in [1.165, 1.54) is 6.07 Å². The summed E-state index contributed by atoms with van der Waals surface area (Å²) in [6.45, 7) is 0.576. The highest BCUT2D eigenvalue weighted by atomic mass is 79.9. The van der Waals surface area contributed by atoms with Crippen LogP contribution < -0.4 is 4.74 Å². The highest BCUT2D eigenvalue weighted by molar-refractivity contribution is 9.10. The topological polar surface area (TPSA) is 52.4 Å². The number of nitro benzene ring substituents is 1. The number of thiol groups is 1. The Morgan fingerprint density at radius 1 is 1.28 bits per heavy atom. The SMILES string of the molecule is O=[N+]([O-])c1cccc(OCCCCCCS)c1Br. The molecule has 0 saturated heterocycles. The van der Waals surface area contributed by atoms with Crippen LogP contribution in [0.15, 0.2) is 22.7 Å². The highest BCUT2D eigenvalue weighted by Gasteiger charge is 2.15. The summed E-state index contributed by atoms with van der Waals surface area (Å²) in [5, 5.41) is 10.7. The number of nitrogens with zero attached hydrogens (tertiary/aromatic N) is 1. The van der Waals surface area contributed by atoms with Gasteiger partial charge in [0.1, 0.15) is 10.2 Å². The largest absolute Gasteiger partial charge is 0.492 e. The van der Waals surface area contributed by atoms with Gasteiger partial charge in [-0.3, -0.25) is 10.1 Å². The van der Waals surface area contributed by atoms with Crippen LogP contribution in [0.25, 0.3) is 0 Å². The van der Waals surface area contributed by atoms with Gasteiger partial charge in [-0.2, -0.15) is 12.6 Å². The highest BCUT2D eigenvalue weighted by Crippen LogP contribution is 2.33. The molecule has 0 radical (unpaired) electrons. The molecule has 0 amide bonds. The summed E-state index contributed by atoms with van der Waals surface area (Å²) in [5.74, 6) is 1.44. The van der Waals surface area contributed by atoms with Crippen LogP contribution in [-0.4, -0.2) is 17.3 Å². The molecule has 0 atom stereocenters. The van der Waals surface area contributed by atoms with Gasteiger partial charge >= 0.3 is 0 Å². The second-order valence-electron chi connectivity index (χ2n) is 3.83. The summed E-state index contributed by atoms with van der Waals surface area (Å²) in [7, 11) is 0. The van der Waals surface area contributed by atoms with Crippen molar-refractivity contribution in [3.8, 4) is 5.75 Å². The normalized spacial score (nSPS) is 10.3. The van der Waals surface area contributed by atoms with Gasteiger partial charge in [-0.05, 0) is 40.6 Å². The van der Waals surface area contributed by atoms with Gasteiger partial charge in [-0.15, -0.1) is 0 Å². The smallest absolute Gasteiger partial charge is 0.287 e. The second kappa shape index (κ2) is 8.37. The Morgan fingerprint density at radius 2 is 2.00 bits per heavy atom. The maximum Gasteiger partial charge on any atom is 0.287 e. The molecule has 0 aliphatic carbocycles. The minimum Gasteiger partial charge on any atom is -0.492 e. The van der Waals surface area contributed by atoms with Crippen molar-refractivity contribution in [2.45, 2.75) is 25.7 Å². The van der Waals surface area contributed by atoms with Crippen LogP contribution in [0.5, 0.6) is 5.75 Å². The zero-order chi connectivity index (χ0) is 13.4. The van der Waals surface area contributed by atoms with E-state index in [9.17, 15) is 10.1 Å². The van der Waals surface area contributed by atoms with Crippen molar-refractivity contribution in [3.05, 3.63) is 32.8 Å². The van der Waals surface area contributed by atoms with Crippen molar-refractivity contribution in [1.29, 1.82) is 0 Å². The lowest BCUT2D eigenvalue weighted by molar-refractivity contribution is -0.385. The molecule has 100 valence electrons. The molecule has 1 aromatic rings. The molecule has 4 nitrogen and oxygen atoms in total. The molecule has 0 N–H and O–H groups in total. The first kappa shape index (κ1) is 15.3. The van der Waals surface area contributed by atoms with Crippen molar-refractivity contribution in [1.82, 2.24) is 0 Å². The third kappa shape index (κ3) is 4.86. The van der Waals surface area contributed by atoms with Crippen LogP contribution in [0.2, 0.25) is 0 Å². The molecule has 0 heterocycles. The number of ether oxygens (including phenoxy) is 1. The molecule has 0 saturated carbocycles. The number of benzene rings is 1. The average molecular weight is 334 g/mol. The maximum atomic E-state index is 10.7. The van der Waals surface area contributed by atoms with Crippen LogP contribution in [0.3, 0.4) is 0 Å². The molecule has 18 heavy (non-hydrogen) atoms. The van der Waals surface area contributed by atoms with Gasteiger partial charge in [0.2, 0.25) is 0 Å². The molecule has 1 aromatic carbocycles. The zero-order valence-electron chi connectivity index (χ0n) is 9.97. The fourth-order valence-electron chi connectivity index (χ4n) is 1.50. The second-order valence-corrected chi connectivity index (χ2v) is 5.07. The van der Waals surface area contributed by atoms with Gasteiger partial charge in [0.15, 0.2) is 0 Å². The van der Waals surface area contributed by atoms with E-state index in [2.05, 4.69) is 28.6 Å². The third-order valence-electron chi connectivity index (χ3n) is 2.45. The maximum absolute atomic E-state index is 10.7. The lowest BCUT2D eigenvalue weighted by atomic mass is 10.2. The summed E-state index contributed by atoms with van der Waals surface area (Å²) in [6.07, 6.45) is 4.29. The molecule has 0 unspecified atom stereocenters. The Balaban J connectivity index is 2.43. The Hall–Kier alpha value is -0.750. The van der Waals surface area contributed by atoms with E-state index in [0.717, 1.165) is 31.4 Å². The average Bonchev–Trinajstić information content (AvgIpc) is 2.35. The van der Waals surface area contributed by atoms with E-state index in [1.54, 1.807) is 12.1 Å². The molecule has 0 aliphatic heterocycles. The van der Waals surface area contributed by atoms with Crippen molar-refractivity contribution in [2.75, 3.05) is 12.4 Å². The first-order chi connectivity index (χ1) is 8.66. The van der Waals surface area contributed by atoms with Crippen molar-refractivity contribution >= 4 is 34.2 Å². The number of hydrogen-bond acceptors (Lipinski definition) is 4. The van der Waals surface area contributed by atoms with Gasteiger partial charge in [0, 0.05) is 6.07 Å². The summed E-state index contributed by atoms with van der Waals surface area (Å²) in [6, 6.07) is 4.80. The van der Waals surface area contributed by atoms with E-state index >= 15 is 0 Å². The summed E-state index contributed by atoms with van der Waals surface area (Å²) < 4.78 is 5.95. The van der Waals surface area contributed by atoms with Gasteiger partial charge in [0.25, 0.3) is 5.69 Å². The fraction of sp³-hybridized carbons (Fsp3) is 0.500. The van der Waals surface area contributed by atoms with Crippen LogP contribution in [0, 0.1) is 10.1 Å². The van der Waals surface area contributed by atoms with E-state index in [-0.39, 0.29) is 5.69 Å². The van der Waals surface area contributed by atoms with Gasteiger partial charge in [-0.25, -0.2) is 0 Å². The molecule has 6 heteroatoms. The Morgan fingerprint density at radius 3 is 2.67 bits per heavy atom. The van der Waals surface area contributed by atoms with E-state index in [4.69, 9.17) is 4.74 Å².